The molecule has 1 aromatic rings. The van der Waals surface area contributed by atoms with Crippen LogP contribution in [0.25, 0.3) is 0 Å². The number of pyridine rings is 1. The molecule has 100 valence electrons. The van der Waals surface area contributed by atoms with Gasteiger partial charge < -0.3 is 10.2 Å². The molecule has 0 fully saturated rings. The van der Waals surface area contributed by atoms with Gasteiger partial charge in [-0.05, 0) is 18.9 Å². The Balaban J connectivity index is 3.22. The van der Waals surface area contributed by atoms with Crippen molar-refractivity contribution < 1.29 is 4.92 Å². The minimum absolute atomic E-state index is 0.0315. The van der Waals surface area contributed by atoms with Crippen molar-refractivity contribution in [2.45, 2.75) is 26.8 Å². The fourth-order valence-electron chi connectivity index (χ4n) is 1.62. The summed E-state index contributed by atoms with van der Waals surface area (Å²) in [5.74, 6) is 1.40. The lowest BCUT2D eigenvalue weighted by Crippen LogP contribution is -2.34. The van der Waals surface area contributed by atoms with Gasteiger partial charge in [-0.1, -0.05) is 13.8 Å². The van der Waals surface area contributed by atoms with Gasteiger partial charge in [-0.2, -0.15) is 0 Å². The number of nitro groups is 1. The molecule has 1 rings (SSSR count). The first-order valence-electron chi connectivity index (χ1n) is 5.94. The Morgan fingerprint density at radius 2 is 2.00 bits per heavy atom. The van der Waals surface area contributed by atoms with E-state index in [4.69, 9.17) is 0 Å². The molecule has 0 saturated carbocycles. The van der Waals surface area contributed by atoms with E-state index >= 15 is 0 Å². The lowest BCUT2D eigenvalue weighted by Gasteiger charge is -2.28. The van der Waals surface area contributed by atoms with Gasteiger partial charge in [0.05, 0.1) is 4.92 Å². The van der Waals surface area contributed by atoms with Crippen LogP contribution in [0.4, 0.5) is 17.3 Å². The second-order valence-corrected chi connectivity index (χ2v) is 4.64. The lowest BCUT2D eigenvalue weighted by molar-refractivity contribution is -0.384. The Kier molecular flexibility index (Phi) is 4.47. The molecule has 0 aliphatic carbocycles. The highest BCUT2D eigenvalue weighted by atomic mass is 16.6. The van der Waals surface area contributed by atoms with Crippen LogP contribution in [0.5, 0.6) is 0 Å². The third-order valence-corrected chi connectivity index (χ3v) is 3.22. The van der Waals surface area contributed by atoms with E-state index in [0.717, 1.165) is 0 Å². The molecule has 0 amide bonds. The molecule has 0 aliphatic heterocycles. The number of aromatic nitrogens is 1. The lowest BCUT2D eigenvalue weighted by atomic mass is 10.1. The molecule has 0 bridgehead atoms. The normalized spacial score (nSPS) is 12.3. The van der Waals surface area contributed by atoms with Crippen LogP contribution >= 0.6 is 0 Å². The third-order valence-electron chi connectivity index (χ3n) is 3.22. The molecule has 18 heavy (non-hydrogen) atoms. The van der Waals surface area contributed by atoms with Gasteiger partial charge in [0.2, 0.25) is 5.82 Å². The highest BCUT2D eigenvalue weighted by Gasteiger charge is 2.24. The maximum atomic E-state index is 11.0. The predicted molar refractivity (Wildman–Crippen MR) is 73.1 cm³/mol. The van der Waals surface area contributed by atoms with Crippen molar-refractivity contribution in [3.8, 4) is 0 Å². The standard InChI is InChI=1S/C12H20N4O2/c1-8(2)9(3)15(5)12-10(16(17)18)6-7-11(13-4)14-12/h6-9H,1-5H3,(H,13,14). The Labute approximate surface area is 107 Å². The summed E-state index contributed by atoms with van der Waals surface area (Å²) in [4.78, 5) is 16.8. The molecule has 0 aliphatic rings. The molecule has 0 saturated heterocycles. The SMILES string of the molecule is CNc1ccc([N+](=O)[O-])c(N(C)C(C)C(C)C)n1. The Morgan fingerprint density at radius 3 is 2.44 bits per heavy atom. The van der Waals surface area contributed by atoms with Gasteiger partial charge in [0.1, 0.15) is 5.82 Å². The quantitative estimate of drug-likeness (QED) is 0.644. The molecule has 0 spiro atoms. The summed E-state index contributed by atoms with van der Waals surface area (Å²) < 4.78 is 0. The van der Waals surface area contributed by atoms with Crippen LogP contribution in [0.1, 0.15) is 20.8 Å². The summed E-state index contributed by atoms with van der Waals surface area (Å²) in [7, 11) is 3.57. The van der Waals surface area contributed by atoms with Crippen molar-refractivity contribution >= 4 is 17.3 Å². The molecular weight excluding hydrogens is 232 g/mol. The van der Waals surface area contributed by atoms with E-state index in [2.05, 4.69) is 24.1 Å². The first-order chi connectivity index (χ1) is 8.38. The summed E-state index contributed by atoms with van der Waals surface area (Å²) >= 11 is 0. The first kappa shape index (κ1) is 14.2. The number of hydrogen-bond donors (Lipinski definition) is 1. The van der Waals surface area contributed by atoms with Gasteiger partial charge in [0, 0.05) is 26.2 Å². The van der Waals surface area contributed by atoms with E-state index in [0.29, 0.717) is 17.6 Å². The third kappa shape index (κ3) is 2.88. The van der Waals surface area contributed by atoms with E-state index in [-0.39, 0.29) is 11.7 Å². The highest BCUT2D eigenvalue weighted by Crippen LogP contribution is 2.29. The van der Waals surface area contributed by atoms with Crippen molar-refractivity contribution in [1.29, 1.82) is 0 Å². The second-order valence-electron chi connectivity index (χ2n) is 4.64. The van der Waals surface area contributed by atoms with Crippen LogP contribution in [-0.2, 0) is 0 Å². The Morgan fingerprint density at radius 1 is 1.39 bits per heavy atom. The summed E-state index contributed by atoms with van der Waals surface area (Å²) in [6.45, 7) is 6.19. The van der Waals surface area contributed by atoms with Crippen molar-refractivity contribution in [2.75, 3.05) is 24.3 Å². The monoisotopic (exact) mass is 252 g/mol. The minimum Gasteiger partial charge on any atom is -0.373 e. The van der Waals surface area contributed by atoms with E-state index in [9.17, 15) is 10.1 Å². The number of rotatable bonds is 5. The van der Waals surface area contributed by atoms with Gasteiger partial charge in [0.25, 0.3) is 0 Å². The molecule has 1 N–H and O–H groups in total. The fraction of sp³-hybridized carbons (Fsp3) is 0.583. The molecule has 6 nitrogen and oxygen atoms in total. The van der Waals surface area contributed by atoms with Crippen LogP contribution < -0.4 is 10.2 Å². The van der Waals surface area contributed by atoms with Gasteiger partial charge >= 0.3 is 5.69 Å². The predicted octanol–water partition coefficient (Wildman–Crippen LogP) is 2.51. The average molecular weight is 252 g/mol. The fourth-order valence-corrected chi connectivity index (χ4v) is 1.62. The number of nitrogens with zero attached hydrogens (tertiary/aromatic N) is 3. The van der Waals surface area contributed by atoms with Crippen molar-refractivity contribution in [1.82, 2.24) is 4.98 Å². The topological polar surface area (TPSA) is 71.3 Å². The largest absolute Gasteiger partial charge is 0.373 e. The van der Waals surface area contributed by atoms with E-state index in [1.165, 1.54) is 6.07 Å². The molecule has 0 aromatic carbocycles. The van der Waals surface area contributed by atoms with Crippen LogP contribution in [0.3, 0.4) is 0 Å². The molecule has 0 radical (unpaired) electrons. The van der Waals surface area contributed by atoms with Crippen LogP contribution in [0.2, 0.25) is 0 Å². The first-order valence-corrected chi connectivity index (χ1v) is 5.94. The number of anilines is 2. The highest BCUT2D eigenvalue weighted by molar-refractivity contribution is 5.61. The van der Waals surface area contributed by atoms with Gasteiger partial charge in [-0.3, -0.25) is 10.1 Å². The van der Waals surface area contributed by atoms with E-state index < -0.39 is 4.92 Å². The summed E-state index contributed by atoms with van der Waals surface area (Å²) in [6.07, 6.45) is 0. The molecule has 1 aromatic heterocycles. The molecule has 1 heterocycles. The number of nitrogens with one attached hydrogen (secondary N) is 1. The zero-order valence-electron chi connectivity index (χ0n) is 11.5. The molecule has 6 heteroatoms. The zero-order chi connectivity index (χ0) is 13.9. The van der Waals surface area contributed by atoms with Crippen LogP contribution in [0.15, 0.2) is 12.1 Å². The van der Waals surface area contributed by atoms with E-state index in [1.54, 1.807) is 13.1 Å². The summed E-state index contributed by atoms with van der Waals surface area (Å²) in [5.41, 5.74) is 0.0315. The van der Waals surface area contributed by atoms with Gasteiger partial charge in [-0.25, -0.2) is 4.98 Å². The van der Waals surface area contributed by atoms with Gasteiger partial charge in [-0.15, -0.1) is 0 Å². The maximum Gasteiger partial charge on any atom is 0.311 e. The zero-order valence-corrected chi connectivity index (χ0v) is 11.5. The average Bonchev–Trinajstić information content (AvgIpc) is 2.35. The second kappa shape index (κ2) is 5.66. The summed E-state index contributed by atoms with van der Waals surface area (Å²) in [6, 6.07) is 3.26. The number of hydrogen-bond acceptors (Lipinski definition) is 5. The van der Waals surface area contributed by atoms with Crippen molar-refractivity contribution in [3.63, 3.8) is 0 Å². The Hall–Kier alpha value is -1.85. The van der Waals surface area contributed by atoms with Crippen molar-refractivity contribution in [3.05, 3.63) is 22.2 Å². The molecule has 1 atom stereocenters. The Bertz CT molecular complexity index is 434. The maximum absolute atomic E-state index is 11.0. The minimum atomic E-state index is -0.397. The van der Waals surface area contributed by atoms with Crippen LogP contribution in [0, 0.1) is 16.0 Å². The van der Waals surface area contributed by atoms with Crippen molar-refractivity contribution in [2.24, 2.45) is 5.92 Å². The van der Waals surface area contributed by atoms with E-state index in [1.807, 2.05) is 18.9 Å². The van der Waals surface area contributed by atoms with Crippen LogP contribution in [-0.4, -0.2) is 30.0 Å². The smallest absolute Gasteiger partial charge is 0.311 e. The molecular formula is C12H20N4O2. The molecule has 1 unspecified atom stereocenters. The summed E-state index contributed by atoms with van der Waals surface area (Å²) in [5, 5.41) is 13.9. The van der Waals surface area contributed by atoms with Gasteiger partial charge in [0.15, 0.2) is 0 Å².